The average molecular weight is 275 g/mol. The summed E-state index contributed by atoms with van der Waals surface area (Å²) in [7, 11) is 1.50. The molecule has 90 valence electrons. The minimum Gasteiger partial charge on any atom is -0.496 e. The van der Waals surface area contributed by atoms with Gasteiger partial charge in [0.1, 0.15) is 22.7 Å². The van der Waals surface area contributed by atoms with Crippen molar-refractivity contribution in [2.75, 3.05) is 7.11 Å². The molecule has 1 aromatic heterocycles. The van der Waals surface area contributed by atoms with Crippen molar-refractivity contribution in [1.82, 2.24) is 0 Å². The van der Waals surface area contributed by atoms with Crippen molar-refractivity contribution in [3.8, 4) is 5.75 Å². The number of ether oxygens (including phenoxy) is 1. The van der Waals surface area contributed by atoms with Crippen LogP contribution in [-0.4, -0.2) is 7.11 Å². The van der Waals surface area contributed by atoms with Crippen LogP contribution in [0.1, 0.15) is 16.7 Å². The van der Waals surface area contributed by atoms with Gasteiger partial charge in [0.25, 0.3) is 0 Å². The Labute approximate surface area is 108 Å². The number of hydrogen-bond acceptors (Lipinski definition) is 2. The number of alkyl halides is 1. The summed E-state index contributed by atoms with van der Waals surface area (Å²) in [6, 6.07) is 7.36. The van der Waals surface area contributed by atoms with Crippen LogP contribution in [0.2, 0.25) is 5.22 Å². The predicted molar refractivity (Wildman–Crippen MR) is 64.4 cm³/mol. The maximum atomic E-state index is 13.2. The molecule has 0 aliphatic carbocycles. The second kappa shape index (κ2) is 4.98. The third kappa shape index (κ3) is 2.56. The third-order valence-electron chi connectivity index (χ3n) is 2.31. The molecule has 0 spiro atoms. The SMILES string of the molecule is COc1ccc(F)cc1C(Cl)c1ccc(Cl)o1. The van der Waals surface area contributed by atoms with Crippen molar-refractivity contribution in [3.63, 3.8) is 0 Å². The Morgan fingerprint density at radius 3 is 2.65 bits per heavy atom. The van der Waals surface area contributed by atoms with E-state index in [1.54, 1.807) is 12.1 Å². The zero-order chi connectivity index (χ0) is 12.4. The Balaban J connectivity index is 2.42. The lowest BCUT2D eigenvalue weighted by atomic mass is 10.1. The molecule has 1 aromatic carbocycles. The van der Waals surface area contributed by atoms with Gasteiger partial charge in [-0.2, -0.15) is 0 Å². The first kappa shape index (κ1) is 12.3. The molecule has 1 unspecified atom stereocenters. The summed E-state index contributed by atoms with van der Waals surface area (Å²) in [4.78, 5) is 0. The number of furan rings is 1. The van der Waals surface area contributed by atoms with Crippen molar-refractivity contribution >= 4 is 23.2 Å². The molecule has 0 saturated carbocycles. The van der Waals surface area contributed by atoms with Gasteiger partial charge in [-0.1, -0.05) is 0 Å². The first-order chi connectivity index (χ1) is 8.11. The molecule has 2 rings (SSSR count). The lowest BCUT2D eigenvalue weighted by Gasteiger charge is -2.12. The summed E-state index contributed by atoms with van der Waals surface area (Å²) in [5.74, 6) is 0.559. The average Bonchev–Trinajstić information content (AvgIpc) is 2.75. The number of hydrogen-bond donors (Lipinski definition) is 0. The van der Waals surface area contributed by atoms with Crippen LogP contribution in [0.3, 0.4) is 0 Å². The van der Waals surface area contributed by atoms with Crippen molar-refractivity contribution < 1.29 is 13.5 Å². The fourth-order valence-electron chi connectivity index (χ4n) is 1.52. The van der Waals surface area contributed by atoms with Crippen LogP contribution in [-0.2, 0) is 0 Å². The molecule has 17 heavy (non-hydrogen) atoms. The number of benzene rings is 1. The molecule has 0 aliphatic heterocycles. The maximum absolute atomic E-state index is 13.2. The first-order valence-electron chi connectivity index (χ1n) is 4.84. The van der Waals surface area contributed by atoms with Crippen LogP contribution in [0.15, 0.2) is 34.7 Å². The van der Waals surface area contributed by atoms with E-state index in [0.29, 0.717) is 17.1 Å². The van der Waals surface area contributed by atoms with E-state index in [0.717, 1.165) is 0 Å². The Morgan fingerprint density at radius 2 is 2.06 bits per heavy atom. The maximum Gasteiger partial charge on any atom is 0.193 e. The molecule has 0 saturated heterocycles. The van der Waals surface area contributed by atoms with Gasteiger partial charge in [-0.15, -0.1) is 11.6 Å². The monoisotopic (exact) mass is 274 g/mol. The van der Waals surface area contributed by atoms with E-state index in [4.69, 9.17) is 32.4 Å². The van der Waals surface area contributed by atoms with E-state index in [9.17, 15) is 4.39 Å². The van der Waals surface area contributed by atoms with Gasteiger partial charge < -0.3 is 9.15 Å². The van der Waals surface area contributed by atoms with Crippen molar-refractivity contribution in [1.29, 1.82) is 0 Å². The van der Waals surface area contributed by atoms with Crippen LogP contribution < -0.4 is 4.74 Å². The van der Waals surface area contributed by atoms with E-state index in [1.807, 2.05) is 0 Å². The lowest BCUT2D eigenvalue weighted by Crippen LogP contribution is -1.97. The van der Waals surface area contributed by atoms with Crippen LogP contribution in [0.4, 0.5) is 4.39 Å². The second-order valence-corrected chi connectivity index (χ2v) is 4.20. The highest BCUT2D eigenvalue weighted by Gasteiger charge is 2.19. The summed E-state index contributed by atoms with van der Waals surface area (Å²) in [5, 5.41) is -0.408. The molecule has 0 N–H and O–H groups in total. The van der Waals surface area contributed by atoms with E-state index in [-0.39, 0.29) is 11.0 Å². The molecule has 0 fully saturated rings. The molecule has 0 amide bonds. The van der Waals surface area contributed by atoms with Crippen molar-refractivity contribution in [3.05, 3.63) is 52.7 Å². The molecule has 5 heteroatoms. The van der Waals surface area contributed by atoms with Crippen molar-refractivity contribution in [2.24, 2.45) is 0 Å². The van der Waals surface area contributed by atoms with Gasteiger partial charge in [-0.3, -0.25) is 0 Å². The molecule has 1 heterocycles. The van der Waals surface area contributed by atoms with E-state index >= 15 is 0 Å². The zero-order valence-electron chi connectivity index (χ0n) is 8.91. The quantitative estimate of drug-likeness (QED) is 0.774. The molecule has 0 aliphatic rings. The van der Waals surface area contributed by atoms with Crippen LogP contribution >= 0.6 is 23.2 Å². The topological polar surface area (TPSA) is 22.4 Å². The second-order valence-electron chi connectivity index (χ2n) is 3.39. The van der Waals surface area contributed by atoms with Gasteiger partial charge >= 0.3 is 0 Å². The fraction of sp³-hybridized carbons (Fsp3) is 0.167. The van der Waals surface area contributed by atoms with Gasteiger partial charge in [0.15, 0.2) is 5.22 Å². The molecule has 2 nitrogen and oxygen atoms in total. The Hall–Kier alpha value is -1.19. The van der Waals surface area contributed by atoms with Crippen LogP contribution in [0, 0.1) is 5.82 Å². The van der Waals surface area contributed by atoms with Gasteiger partial charge in [0.05, 0.1) is 7.11 Å². The van der Waals surface area contributed by atoms with Gasteiger partial charge in [0.2, 0.25) is 0 Å². The molecule has 1 atom stereocenters. The summed E-state index contributed by atoms with van der Waals surface area (Å²) in [6.07, 6.45) is 0. The largest absolute Gasteiger partial charge is 0.496 e. The van der Waals surface area contributed by atoms with E-state index in [2.05, 4.69) is 0 Å². The highest BCUT2D eigenvalue weighted by molar-refractivity contribution is 6.29. The minimum atomic E-state index is -0.645. The first-order valence-corrected chi connectivity index (χ1v) is 5.66. The highest BCUT2D eigenvalue weighted by atomic mass is 35.5. The summed E-state index contributed by atoms with van der Waals surface area (Å²) < 4.78 is 23.5. The Kier molecular flexibility index (Phi) is 3.60. The summed E-state index contributed by atoms with van der Waals surface area (Å²) in [6.45, 7) is 0. The van der Waals surface area contributed by atoms with Crippen LogP contribution in [0.25, 0.3) is 0 Å². The molecule has 0 bridgehead atoms. The Morgan fingerprint density at radius 1 is 1.29 bits per heavy atom. The van der Waals surface area contributed by atoms with Gasteiger partial charge in [-0.25, -0.2) is 4.39 Å². The standard InChI is InChI=1S/C12H9Cl2FO2/c1-16-9-3-2-7(15)6-8(9)12(14)10-4-5-11(13)17-10/h2-6,12H,1H3. The normalized spacial score (nSPS) is 12.5. The number of halogens is 3. The van der Waals surface area contributed by atoms with Crippen LogP contribution in [0.5, 0.6) is 5.75 Å². The molecular weight excluding hydrogens is 266 g/mol. The summed E-state index contributed by atoms with van der Waals surface area (Å²) in [5.41, 5.74) is 0.500. The highest BCUT2D eigenvalue weighted by Crippen LogP contribution is 2.36. The Bertz CT molecular complexity index is 525. The predicted octanol–water partition coefficient (Wildman–Crippen LogP) is 4.41. The zero-order valence-corrected chi connectivity index (χ0v) is 10.4. The minimum absolute atomic E-state index is 0.237. The fourth-order valence-corrected chi connectivity index (χ4v) is 1.96. The molecule has 2 aromatic rings. The summed E-state index contributed by atoms with van der Waals surface area (Å²) >= 11 is 11.9. The van der Waals surface area contributed by atoms with Crippen molar-refractivity contribution in [2.45, 2.75) is 5.38 Å². The molecular formula is C12H9Cl2FO2. The number of methoxy groups -OCH3 is 1. The lowest BCUT2D eigenvalue weighted by molar-refractivity contribution is 0.406. The van der Waals surface area contributed by atoms with E-state index < -0.39 is 5.38 Å². The number of rotatable bonds is 3. The smallest absolute Gasteiger partial charge is 0.193 e. The third-order valence-corrected chi connectivity index (χ3v) is 2.96. The van der Waals surface area contributed by atoms with Gasteiger partial charge in [-0.05, 0) is 41.9 Å². The van der Waals surface area contributed by atoms with Gasteiger partial charge in [0, 0.05) is 5.56 Å². The van der Waals surface area contributed by atoms with E-state index in [1.165, 1.54) is 25.3 Å². The molecule has 0 radical (unpaired) electrons.